The predicted molar refractivity (Wildman–Crippen MR) is 78.1 cm³/mol. The average molecular weight is 285 g/mol. The van der Waals surface area contributed by atoms with E-state index in [2.05, 4.69) is 12.2 Å². The zero-order chi connectivity index (χ0) is 13.2. The second-order valence-electron chi connectivity index (χ2n) is 4.65. The topological polar surface area (TPSA) is 46.2 Å². The molecule has 5 heteroatoms. The van der Waals surface area contributed by atoms with Crippen molar-refractivity contribution in [1.82, 2.24) is 0 Å². The molecule has 0 radical (unpaired) electrons. The van der Waals surface area contributed by atoms with Crippen LogP contribution in [0.2, 0.25) is 0 Å². The molecule has 0 aliphatic carbocycles. The molecule has 0 bridgehead atoms. The number of thioether (sulfide) groups is 1. The maximum atomic E-state index is 11.7. The number of sulfone groups is 1. The Balaban J connectivity index is 2.04. The van der Waals surface area contributed by atoms with Crippen LogP contribution in [-0.2, 0) is 9.84 Å². The lowest BCUT2D eigenvalue weighted by Crippen LogP contribution is -2.18. The van der Waals surface area contributed by atoms with Gasteiger partial charge in [0.1, 0.15) is 0 Å². The molecule has 0 amide bonds. The summed E-state index contributed by atoms with van der Waals surface area (Å²) in [5, 5.41) is 4.16. The second kappa shape index (κ2) is 5.53. The SMILES string of the molecule is CCS(=O)(=O)c1ccc(NC2CSC(C)C2)cc1. The largest absolute Gasteiger partial charge is 0.381 e. The van der Waals surface area contributed by atoms with Gasteiger partial charge in [0.15, 0.2) is 9.84 Å². The Morgan fingerprint density at radius 2 is 2.00 bits per heavy atom. The zero-order valence-corrected chi connectivity index (χ0v) is 12.4. The molecule has 2 rings (SSSR count). The molecule has 0 spiro atoms. The number of anilines is 1. The summed E-state index contributed by atoms with van der Waals surface area (Å²) in [5.74, 6) is 1.27. The van der Waals surface area contributed by atoms with Gasteiger partial charge in [-0.2, -0.15) is 11.8 Å². The van der Waals surface area contributed by atoms with Crippen LogP contribution in [0.15, 0.2) is 29.2 Å². The van der Waals surface area contributed by atoms with Crippen molar-refractivity contribution in [3.63, 3.8) is 0 Å². The third kappa shape index (κ3) is 3.20. The molecule has 18 heavy (non-hydrogen) atoms. The summed E-state index contributed by atoms with van der Waals surface area (Å²) < 4.78 is 23.4. The Morgan fingerprint density at radius 1 is 1.33 bits per heavy atom. The Labute approximate surface area is 113 Å². The van der Waals surface area contributed by atoms with Crippen molar-refractivity contribution in [2.24, 2.45) is 0 Å². The lowest BCUT2D eigenvalue weighted by atomic mass is 10.2. The van der Waals surface area contributed by atoms with Crippen LogP contribution in [0.1, 0.15) is 20.3 Å². The summed E-state index contributed by atoms with van der Waals surface area (Å²) in [7, 11) is -3.08. The summed E-state index contributed by atoms with van der Waals surface area (Å²) in [5.41, 5.74) is 1.00. The van der Waals surface area contributed by atoms with E-state index in [0.717, 1.165) is 11.4 Å². The molecule has 1 aliphatic rings. The molecule has 1 N–H and O–H groups in total. The number of rotatable bonds is 4. The first-order valence-electron chi connectivity index (χ1n) is 6.22. The van der Waals surface area contributed by atoms with Gasteiger partial charge in [-0.25, -0.2) is 8.42 Å². The van der Waals surface area contributed by atoms with Crippen LogP contribution in [-0.4, -0.2) is 31.2 Å². The molecular formula is C13H19NO2S2. The minimum atomic E-state index is -3.08. The van der Waals surface area contributed by atoms with Gasteiger partial charge in [-0.3, -0.25) is 0 Å². The fourth-order valence-corrected chi connectivity index (χ4v) is 4.11. The van der Waals surface area contributed by atoms with Gasteiger partial charge in [0, 0.05) is 22.7 Å². The van der Waals surface area contributed by atoms with E-state index in [1.807, 2.05) is 23.9 Å². The zero-order valence-electron chi connectivity index (χ0n) is 10.7. The molecule has 3 nitrogen and oxygen atoms in total. The molecule has 2 unspecified atom stereocenters. The molecular weight excluding hydrogens is 266 g/mol. The first-order chi connectivity index (χ1) is 8.51. The van der Waals surface area contributed by atoms with Gasteiger partial charge in [-0.1, -0.05) is 13.8 Å². The van der Waals surface area contributed by atoms with Gasteiger partial charge >= 0.3 is 0 Å². The lowest BCUT2D eigenvalue weighted by Gasteiger charge is -2.13. The highest BCUT2D eigenvalue weighted by atomic mass is 32.2. The van der Waals surface area contributed by atoms with Crippen LogP contribution in [0.3, 0.4) is 0 Å². The van der Waals surface area contributed by atoms with Crippen molar-refractivity contribution in [3.8, 4) is 0 Å². The van der Waals surface area contributed by atoms with Crippen LogP contribution in [0.4, 0.5) is 5.69 Å². The van der Waals surface area contributed by atoms with Crippen LogP contribution >= 0.6 is 11.8 Å². The van der Waals surface area contributed by atoms with Gasteiger partial charge in [0.25, 0.3) is 0 Å². The summed E-state index contributed by atoms with van der Waals surface area (Å²) in [6.07, 6.45) is 1.17. The highest BCUT2D eigenvalue weighted by molar-refractivity contribution is 8.00. The first-order valence-corrected chi connectivity index (χ1v) is 8.92. The van der Waals surface area contributed by atoms with Crippen LogP contribution in [0.5, 0.6) is 0 Å². The van der Waals surface area contributed by atoms with E-state index in [1.54, 1.807) is 19.1 Å². The van der Waals surface area contributed by atoms with Gasteiger partial charge < -0.3 is 5.32 Å². The van der Waals surface area contributed by atoms with Crippen molar-refractivity contribution in [2.45, 2.75) is 36.5 Å². The minimum Gasteiger partial charge on any atom is -0.381 e. The molecule has 1 aromatic rings. The highest BCUT2D eigenvalue weighted by Crippen LogP contribution is 2.28. The minimum absolute atomic E-state index is 0.149. The van der Waals surface area contributed by atoms with Gasteiger partial charge in [-0.05, 0) is 30.7 Å². The van der Waals surface area contributed by atoms with E-state index >= 15 is 0 Å². The number of nitrogens with one attached hydrogen (secondary N) is 1. The van der Waals surface area contributed by atoms with E-state index in [1.165, 1.54) is 6.42 Å². The normalized spacial score (nSPS) is 24.1. The van der Waals surface area contributed by atoms with Crippen LogP contribution < -0.4 is 5.32 Å². The molecule has 1 aliphatic heterocycles. The van der Waals surface area contributed by atoms with E-state index in [9.17, 15) is 8.42 Å². The van der Waals surface area contributed by atoms with Gasteiger partial charge in [0.05, 0.1) is 10.6 Å². The number of hydrogen-bond donors (Lipinski definition) is 1. The number of benzene rings is 1. The van der Waals surface area contributed by atoms with Crippen LogP contribution in [0, 0.1) is 0 Å². The molecule has 1 aromatic carbocycles. The fourth-order valence-electron chi connectivity index (χ4n) is 2.08. The molecule has 0 saturated carbocycles. The van der Waals surface area contributed by atoms with E-state index in [-0.39, 0.29) is 5.75 Å². The summed E-state index contributed by atoms with van der Waals surface area (Å²) in [4.78, 5) is 0.407. The molecule has 1 fully saturated rings. The molecule has 0 aromatic heterocycles. The maximum Gasteiger partial charge on any atom is 0.178 e. The predicted octanol–water partition coefficient (Wildman–Crippen LogP) is 2.79. The van der Waals surface area contributed by atoms with Crippen molar-refractivity contribution >= 4 is 27.3 Å². The highest BCUT2D eigenvalue weighted by Gasteiger charge is 2.21. The Bertz CT molecular complexity index is 496. The van der Waals surface area contributed by atoms with E-state index in [4.69, 9.17) is 0 Å². The summed E-state index contributed by atoms with van der Waals surface area (Å²) in [6.45, 7) is 3.90. The second-order valence-corrected chi connectivity index (χ2v) is 8.40. The van der Waals surface area contributed by atoms with Crippen molar-refractivity contribution < 1.29 is 8.42 Å². The van der Waals surface area contributed by atoms with E-state index < -0.39 is 9.84 Å². The van der Waals surface area contributed by atoms with Gasteiger partial charge in [0.2, 0.25) is 0 Å². The summed E-state index contributed by atoms with van der Waals surface area (Å²) >= 11 is 1.98. The Kier molecular flexibility index (Phi) is 4.22. The van der Waals surface area contributed by atoms with Gasteiger partial charge in [-0.15, -0.1) is 0 Å². The standard InChI is InChI=1S/C13H19NO2S2/c1-3-18(15,16)13-6-4-11(5-7-13)14-12-8-10(2)17-9-12/h4-7,10,12,14H,3,8-9H2,1-2H3. The third-order valence-corrected chi connectivity index (χ3v) is 6.27. The lowest BCUT2D eigenvalue weighted by molar-refractivity contribution is 0.597. The first kappa shape index (κ1) is 13.7. The van der Waals surface area contributed by atoms with Crippen LogP contribution in [0.25, 0.3) is 0 Å². The molecule has 100 valence electrons. The van der Waals surface area contributed by atoms with Crippen molar-refractivity contribution in [3.05, 3.63) is 24.3 Å². The van der Waals surface area contributed by atoms with E-state index in [0.29, 0.717) is 16.2 Å². The maximum absolute atomic E-state index is 11.7. The average Bonchev–Trinajstić information content (AvgIpc) is 2.75. The fraction of sp³-hybridized carbons (Fsp3) is 0.538. The summed E-state index contributed by atoms with van der Waals surface area (Å²) in [6, 6.07) is 7.59. The smallest absolute Gasteiger partial charge is 0.178 e. The van der Waals surface area contributed by atoms with Crippen molar-refractivity contribution in [2.75, 3.05) is 16.8 Å². The Hall–Kier alpha value is -0.680. The monoisotopic (exact) mass is 285 g/mol. The molecule has 1 heterocycles. The molecule has 2 atom stereocenters. The quantitative estimate of drug-likeness (QED) is 0.924. The van der Waals surface area contributed by atoms with Crippen molar-refractivity contribution in [1.29, 1.82) is 0 Å². The third-order valence-electron chi connectivity index (χ3n) is 3.16. The Morgan fingerprint density at radius 3 is 2.50 bits per heavy atom. The molecule has 1 saturated heterocycles. The number of hydrogen-bond acceptors (Lipinski definition) is 4.